The van der Waals surface area contributed by atoms with Crippen molar-refractivity contribution in [3.8, 4) is 0 Å². The number of halogens is 2. The summed E-state index contributed by atoms with van der Waals surface area (Å²) in [6, 6.07) is 7.70. The predicted molar refractivity (Wildman–Crippen MR) is 75.9 cm³/mol. The Morgan fingerprint density at radius 1 is 1.45 bits per heavy atom. The molecule has 104 valence electrons. The molecule has 1 heterocycles. The van der Waals surface area contributed by atoms with Crippen LogP contribution in [0.2, 0.25) is 5.02 Å². The molecule has 0 radical (unpaired) electrons. The quantitative estimate of drug-likeness (QED) is 0.946. The zero-order valence-corrected chi connectivity index (χ0v) is 11.6. The highest BCUT2D eigenvalue weighted by Gasteiger charge is 2.17. The summed E-state index contributed by atoms with van der Waals surface area (Å²) in [7, 11) is 1.57. The van der Waals surface area contributed by atoms with Gasteiger partial charge in [-0.3, -0.25) is 4.79 Å². The van der Waals surface area contributed by atoms with Gasteiger partial charge in [0.05, 0.1) is 10.6 Å². The number of amides is 1. The molecule has 2 aromatic rings. The molecule has 0 saturated heterocycles. The van der Waals surface area contributed by atoms with E-state index in [2.05, 4.69) is 4.98 Å². The Morgan fingerprint density at radius 3 is 2.85 bits per heavy atom. The van der Waals surface area contributed by atoms with E-state index in [1.54, 1.807) is 25.2 Å². The summed E-state index contributed by atoms with van der Waals surface area (Å²) < 4.78 is 13.6. The molecule has 1 aromatic carbocycles. The lowest BCUT2D eigenvalue weighted by atomic mass is 10.1. The third-order valence-electron chi connectivity index (χ3n) is 2.82. The van der Waals surface area contributed by atoms with Gasteiger partial charge in [-0.15, -0.1) is 0 Å². The Labute approximate surface area is 121 Å². The number of benzene rings is 1. The lowest BCUT2D eigenvalue weighted by Gasteiger charge is -2.18. The first-order valence-electron chi connectivity index (χ1n) is 5.89. The largest absolute Gasteiger partial charge is 0.384 e. The molecule has 0 fully saturated rings. The van der Waals surface area contributed by atoms with E-state index >= 15 is 0 Å². The van der Waals surface area contributed by atoms with Crippen LogP contribution in [0.1, 0.15) is 15.9 Å². The van der Waals surface area contributed by atoms with Gasteiger partial charge in [-0.2, -0.15) is 0 Å². The Hall–Kier alpha value is -2.14. The minimum Gasteiger partial charge on any atom is -0.384 e. The van der Waals surface area contributed by atoms with E-state index in [9.17, 15) is 9.18 Å². The van der Waals surface area contributed by atoms with Crippen molar-refractivity contribution in [3.63, 3.8) is 0 Å². The SMILES string of the molecule is CN(Cc1ccccc1F)C(=O)c1cc(N)ncc1Cl. The van der Waals surface area contributed by atoms with Crippen LogP contribution < -0.4 is 5.73 Å². The average Bonchev–Trinajstić information content (AvgIpc) is 2.43. The highest BCUT2D eigenvalue weighted by atomic mass is 35.5. The second kappa shape index (κ2) is 5.88. The number of nitrogens with two attached hydrogens (primary N) is 1. The highest BCUT2D eigenvalue weighted by Crippen LogP contribution is 2.19. The number of nitrogens with zero attached hydrogens (tertiary/aromatic N) is 2. The van der Waals surface area contributed by atoms with Crippen LogP contribution in [0.4, 0.5) is 10.2 Å². The number of pyridine rings is 1. The van der Waals surface area contributed by atoms with E-state index < -0.39 is 0 Å². The first kappa shape index (κ1) is 14.3. The van der Waals surface area contributed by atoms with Gasteiger partial charge in [-0.05, 0) is 12.1 Å². The summed E-state index contributed by atoms with van der Waals surface area (Å²) in [5.41, 5.74) is 6.22. The van der Waals surface area contributed by atoms with E-state index in [0.29, 0.717) is 5.56 Å². The number of hydrogen-bond acceptors (Lipinski definition) is 3. The maximum Gasteiger partial charge on any atom is 0.255 e. The van der Waals surface area contributed by atoms with Crippen molar-refractivity contribution in [1.29, 1.82) is 0 Å². The van der Waals surface area contributed by atoms with Crippen molar-refractivity contribution in [2.24, 2.45) is 0 Å². The fourth-order valence-electron chi connectivity index (χ4n) is 1.78. The van der Waals surface area contributed by atoms with E-state index in [-0.39, 0.29) is 34.7 Å². The predicted octanol–water partition coefficient (Wildman–Crippen LogP) is 2.73. The smallest absolute Gasteiger partial charge is 0.255 e. The molecule has 0 spiro atoms. The topological polar surface area (TPSA) is 59.2 Å². The molecule has 2 N–H and O–H groups in total. The molecule has 6 heteroatoms. The van der Waals surface area contributed by atoms with Crippen LogP contribution in [-0.2, 0) is 6.54 Å². The monoisotopic (exact) mass is 293 g/mol. The zero-order valence-electron chi connectivity index (χ0n) is 10.8. The Balaban J connectivity index is 2.21. The molecule has 20 heavy (non-hydrogen) atoms. The van der Waals surface area contributed by atoms with E-state index in [4.69, 9.17) is 17.3 Å². The van der Waals surface area contributed by atoms with Gasteiger partial charge in [-0.1, -0.05) is 29.8 Å². The van der Waals surface area contributed by atoms with Crippen LogP contribution >= 0.6 is 11.6 Å². The second-order valence-electron chi connectivity index (χ2n) is 4.34. The molecule has 0 atom stereocenters. The number of carbonyl (C=O) groups is 1. The van der Waals surface area contributed by atoms with Crippen molar-refractivity contribution in [2.75, 3.05) is 12.8 Å². The van der Waals surface area contributed by atoms with Gasteiger partial charge < -0.3 is 10.6 Å². The molecule has 2 rings (SSSR count). The molecule has 0 bridgehead atoms. The third-order valence-corrected chi connectivity index (χ3v) is 3.12. The Bertz CT molecular complexity index is 648. The Kier molecular flexibility index (Phi) is 4.20. The minimum absolute atomic E-state index is 0.143. The second-order valence-corrected chi connectivity index (χ2v) is 4.75. The third kappa shape index (κ3) is 3.05. The van der Waals surface area contributed by atoms with Crippen LogP contribution in [0.3, 0.4) is 0 Å². The molecule has 1 amide bonds. The van der Waals surface area contributed by atoms with Gasteiger partial charge in [0.25, 0.3) is 5.91 Å². The van der Waals surface area contributed by atoms with Gasteiger partial charge in [-0.25, -0.2) is 9.37 Å². The summed E-state index contributed by atoms with van der Waals surface area (Å²) in [6.45, 7) is 0.143. The van der Waals surface area contributed by atoms with Gasteiger partial charge in [0.15, 0.2) is 0 Å². The normalized spacial score (nSPS) is 10.3. The lowest BCUT2D eigenvalue weighted by Crippen LogP contribution is -2.27. The van der Waals surface area contributed by atoms with Gasteiger partial charge >= 0.3 is 0 Å². The van der Waals surface area contributed by atoms with E-state index in [0.717, 1.165) is 0 Å². The first-order chi connectivity index (χ1) is 9.49. The number of rotatable bonds is 3. The van der Waals surface area contributed by atoms with Gasteiger partial charge in [0, 0.05) is 25.4 Å². The number of nitrogen functional groups attached to an aromatic ring is 1. The molecular weight excluding hydrogens is 281 g/mol. The molecule has 0 saturated carbocycles. The van der Waals surface area contributed by atoms with Crippen molar-refractivity contribution in [1.82, 2.24) is 9.88 Å². The number of carbonyl (C=O) groups excluding carboxylic acids is 1. The molecule has 0 aliphatic heterocycles. The molecule has 4 nitrogen and oxygen atoms in total. The summed E-state index contributed by atoms with van der Waals surface area (Å²) in [4.78, 5) is 17.4. The first-order valence-corrected chi connectivity index (χ1v) is 6.26. The van der Waals surface area contributed by atoms with Crippen LogP contribution in [-0.4, -0.2) is 22.8 Å². The highest BCUT2D eigenvalue weighted by molar-refractivity contribution is 6.33. The van der Waals surface area contributed by atoms with Crippen LogP contribution in [0.25, 0.3) is 0 Å². The number of hydrogen-bond donors (Lipinski definition) is 1. The molecule has 0 aliphatic rings. The van der Waals surface area contributed by atoms with E-state index in [1.807, 2.05) is 0 Å². The lowest BCUT2D eigenvalue weighted by molar-refractivity contribution is 0.0784. The maximum absolute atomic E-state index is 13.6. The zero-order chi connectivity index (χ0) is 14.7. The fraction of sp³-hybridized carbons (Fsp3) is 0.143. The van der Waals surface area contributed by atoms with Crippen molar-refractivity contribution < 1.29 is 9.18 Å². The van der Waals surface area contributed by atoms with E-state index in [1.165, 1.54) is 23.2 Å². The summed E-state index contributed by atoms with van der Waals surface area (Å²) in [5, 5.41) is 0.213. The molecule has 0 unspecified atom stereocenters. The van der Waals surface area contributed by atoms with Crippen molar-refractivity contribution in [2.45, 2.75) is 6.54 Å². The Morgan fingerprint density at radius 2 is 2.15 bits per heavy atom. The van der Waals surface area contributed by atoms with Crippen LogP contribution in [0.5, 0.6) is 0 Å². The van der Waals surface area contributed by atoms with Crippen LogP contribution in [0, 0.1) is 5.82 Å². The van der Waals surface area contributed by atoms with Gasteiger partial charge in [0.1, 0.15) is 11.6 Å². The standard InChI is InChI=1S/C14H13ClFN3O/c1-19(8-9-4-2-3-5-12(9)16)14(20)10-6-13(17)18-7-11(10)15/h2-7H,8H2,1H3,(H2,17,18). The van der Waals surface area contributed by atoms with Crippen LogP contribution in [0.15, 0.2) is 36.5 Å². The number of anilines is 1. The number of aromatic nitrogens is 1. The summed E-state index contributed by atoms with van der Waals surface area (Å²) >= 11 is 5.93. The van der Waals surface area contributed by atoms with Crippen molar-refractivity contribution >= 4 is 23.3 Å². The summed E-state index contributed by atoms with van der Waals surface area (Å²) in [5.74, 6) is -0.489. The molecule has 0 aliphatic carbocycles. The van der Waals surface area contributed by atoms with Gasteiger partial charge in [0.2, 0.25) is 0 Å². The summed E-state index contributed by atoms with van der Waals surface area (Å²) in [6.07, 6.45) is 1.32. The maximum atomic E-state index is 13.6. The van der Waals surface area contributed by atoms with Crippen molar-refractivity contribution in [3.05, 3.63) is 58.5 Å². The fourth-order valence-corrected chi connectivity index (χ4v) is 1.96. The minimum atomic E-state index is -0.354. The molecular formula is C14H13ClFN3O. The average molecular weight is 294 g/mol. The molecule has 1 aromatic heterocycles.